The van der Waals surface area contributed by atoms with Gasteiger partial charge in [0.2, 0.25) is 0 Å². The number of halogens is 1. The number of benzene rings is 1. The van der Waals surface area contributed by atoms with Crippen molar-refractivity contribution in [1.82, 2.24) is 10.2 Å². The number of phenols is 1. The Kier molecular flexibility index (Phi) is 5.27. The highest BCUT2D eigenvalue weighted by atomic mass is 35.5. The summed E-state index contributed by atoms with van der Waals surface area (Å²) >= 11 is 6.30. The molecule has 2 aliphatic rings. The minimum Gasteiger partial charge on any atom is -0.507 e. The SMILES string of the molecule is Cc1cc(Cl)cc([C@H](C2CCCCC2)N2CCNCC2)c1O. The Bertz CT molecular complexity index is 490. The largest absolute Gasteiger partial charge is 0.507 e. The van der Waals surface area contributed by atoms with Gasteiger partial charge in [-0.1, -0.05) is 30.9 Å². The molecule has 0 aromatic heterocycles. The summed E-state index contributed by atoms with van der Waals surface area (Å²) in [5.41, 5.74) is 1.93. The van der Waals surface area contributed by atoms with Crippen molar-refractivity contribution in [3.8, 4) is 5.75 Å². The van der Waals surface area contributed by atoms with Crippen LogP contribution in [0.4, 0.5) is 0 Å². The van der Waals surface area contributed by atoms with E-state index < -0.39 is 0 Å². The van der Waals surface area contributed by atoms with Crippen LogP contribution in [0.5, 0.6) is 5.75 Å². The quantitative estimate of drug-likeness (QED) is 0.886. The number of nitrogens with zero attached hydrogens (tertiary/aromatic N) is 1. The van der Waals surface area contributed by atoms with E-state index in [1.54, 1.807) is 0 Å². The van der Waals surface area contributed by atoms with Crippen LogP contribution in [0.3, 0.4) is 0 Å². The molecule has 0 spiro atoms. The molecule has 1 saturated carbocycles. The third-order valence-corrected chi connectivity index (χ3v) is 5.47. The lowest BCUT2D eigenvalue weighted by Gasteiger charge is -2.41. The zero-order chi connectivity index (χ0) is 15.5. The number of hydrogen-bond donors (Lipinski definition) is 2. The number of aryl methyl sites for hydroxylation is 1. The van der Waals surface area contributed by atoms with Crippen LogP contribution in [0.25, 0.3) is 0 Å². The first-order valence-electron chi connectivity index (χ1n) is 8.60. The Hall–Kier alpha value is -0.770. The smallest absolute Gasteiger partial charge is 0.123 e. The highest BCUT2D eigenvalue weighted by Crippen LogP contribution is 2.43. The van der Waals surface area contributed by atoms with E-state index in [1.807, 2.05) is 19.1 Å². The molecule has 1 aliphatic carbocycles. The number of piperazine rings is 1. The van der Waals surface area contributed by atoms with Gasteiger partial charge in [-0.3, -0.25) is 4.90 Å². The van der Waals surface area contributed by atoms with E-state index >= 15 is 0 Å². The number of aromatic hydroxyl groups is 1. The molecule has 0 bridgehead atoms. The van der Waals surface area contributed by atoms with Gasteiger partial charge in [-0.15, -0.1) is 0 Å². The maximum absolute atomic E-state index is 10.7. The lowest BCUT2D eigenvalue weighted by molar-refractivity contribution is 0.101. The van der Waals surface area contributed by atoms with Gasteiger partial charge in [0.15, 0.2) is 0 Å². The Balaban J connectivity index is 1.96. The van der Waals surface area contributed by atoms with Gasteiger partial charge >= 0.3 is 0 Å². The summed E-state index contributed by atoms with van der Waals surface area (Å²) < 4.78 is 0. The van der Waals surface area contributed by atoms with Crippen LogP contribution in [-0.2, 0) is 0 Å². The molecule has 0 amide bonds. The molecule has 1 heterocycles. The lowest BCUT2D eigenvalue weighted by atomic mass is 9.79. The first-order valence-corrected chi connectivity index (χ1v) is 8.98. The predicted octanol–water partition coefficient (Wildman–Crippen LogP) is 3.88. The van der Waals surface area contributed by atoms with Crippen molar-refractivity contribution in [3.63, 3.8) is 0 Å². The number of rotatable bonds is 3. The average Bonchev–Trinajstić information content (AvgIpc) is 2.54. The fourth-order valence-electron chi connectivity index (χ4n) is 4.15. The van der Waals surface area contributed by atoms with Gasteiger partial charge in [-0.25, -0.2) is 0 Å². The van der Waals surface area contributed by atoms with Crippen LogP contribution in [-0.4, -0.2) is 36.2 Å². The second-order valence-corrected chi connectivity index (χ2v) is 7.23. The second kappa shape index (κ2) is 7.20. The molecule has 0 radical (unpaired) electrons. The zero-order valence-electron chi connectivity index (χ0n) is 13.4. The van der Waals surface area contributed by atoms with Crippen LogP contribution in [0.1, 0.15) is 49.3 Å². The standard InChI is InChI=1S/C18H27ClN2O/c1-13-11-15(19)12-16(18(13)22)17(14-5-3-2-4-6-14)21-9-7-20-8-10-21/h11-12,14,17,20,22H,2-10H2,1H3/t17-/m0/s1. The molecule has 1 aliphatic heterocycles. The minimum atomic E-state index is 0.305. The molecule has 1 saturated heterocycles. The van der Waals surface area contributed by atoms with Crippen LogP contribution in [0.2, 0.25) is 5.02 Å². The molecule has 2 fully saturated rings. The number of phenolic OH excluding ortho intramolecular Hbond substituents is 1. The zero-order valence-corrected chi connectivity index (χ0v) is 14.2. The van der Waals surface area contributed by atoms with Crippen molar-refractivity contribution < 1.29 is 5.11 Å². The molecule has 4 heteroatoms. The van der Waals surface area contributed by atoms with Gasteiger partial charge in [-0.2, -0.15) is 0 Å². The van der Waals surface area contributed by atoms with Crippen molar-refractivity contribution in [2.45, 2.75) is 45.1 Å². The normalized spacial score (nSPS) is 22.6. The molecular weight excluding hydrogens is 296 g/mol. The van der Waals surface area contributed by atoms with Gasteiger partial charge in [0.05, 0.1) is 0 Å². The first-order chi connectivity index (χ1) is 10.7. The molecule has 3 rings (SSSR count). The molecule has 0 unspecified atom stereocenters. The maximum atomic E-state index is 10.7. The van der Waals surface area contributed by atoms with Gasteiger partial charge in [-0.05, 0) is 43.4 Å². The average molecular weight is 323 g/mol. The monoisotopic (exact) mass is 322 g/mol. The molecular formula is C18H27ClN2O. The Labute approximate surface area is 138 Å². The van der Waals surface area contributed by atoms with Crippen molar-refractivity contribution in [3.05, 3.63) is 28.3 Å². The summed E-state index contributed by atoms with van der Waals surface area (Å²) in [5.74, 6) is 1.08. The van der Waals surface area contributed by atoms with Crippen LogP contribution >= 0.6 is 11.6 Å². The summed E-state index contributed by atoms with van der Waals surface area (Å²) in [6.45, 7) is 6.10. The summed E-state index contributed by atoms with van der Waals surface area (Å²) in [7, 11) is 0. The molecule has 22 heavy (non-hydrogen) atoms. The van der Waals surface area contributed by atoms with Crippen molar-refractivity contribution in [1.29, 1.82) is 0 Å². The van der Waals surface area contributed by atoms with E-state index in [1.165, 1.54) is 32.1 Å². The van der Waals surface area contributed by atoms with Gasteiger partial charge in [0.1, 0.15) is 5.75 Å². The molecule has 122 valence electrons. The fourth-order valence-corrected chi connectivity index (χ4v) is 4.43. The third-order valence-electron chi connectivity index (χ3n) is 5.25. The number of hydrogen-bond acceptors (Lipinski definition) is 3. The highest BCUT2D eigenvalue weighted by Gasteiger charge is 2.33. The van der Waals surface area contributed by atoms with Crippen LogP contribution < -0.4 is 5.32 Å². The highest BCUT2D eigenvalue weighted by molar-refractivity contribution is 6.30. The van der Waals surface area contributed by atoms with Gasteiger partial charge in [0.25, 0.3) is 0 Å². The lowest BCUT2D eigenvalue weighted by Crippen LogP contribution is -2.47. The number of nitrogens with one attached hydrogen (secondary N) is 1. The van der Waals surface area contributed by atoms with E-state index in [0.29, 0.717) is 17.7 Å². The topological polar surface area (TPSA) is 35.5 Å². The van der Waals surface area contributed by atoms with E-state index in [-0.39, 0.29) is 0 Å². The summed E-state index contributed by atoms with van der Waals surface area (Å²) in [5, 5.41) is 14.8. The van der Waals surface area contributed by atoms with Crippen LogP contribution in [0.15, 0.2) is 12.1 Å². The van der Waals surface area contributed by atoms with E-state index in [2.05, 4.69) is 10.2 Å². The molecule has 3 nitrogen and oxygen atoms in total. The molecule has 1 aromatic carbocycles. The predicted molar refractivity (Wildman–Crippen MR) is 91.6 cm³/mol. The molecule has 1 atom stereocenters. The Morgan fingerprint density at radius 2 is 1.86 bits per heavy atom. The fraction of sp³-hybridized carbons (Fsp3) is 0.667. The van der Waals surface area contributed by atoms with Gasteiger partial charge < -0.3 is 10.4 Å². The van der Waals surface area contributed by atoms with Crippen molar-refractivity contribution in [2.75, 3.05) is 26.2 Å². The van der Waals surface area contributed by atoms with Crippen molar-refractivity contribution >= 4 is 11.6 Å². The molecule has 2 N–H and O–H groups in total. The Morgan fingerprint density at radius 3 is 2.55 bits per heavy atom. The molecule has 1 aromatic rings. The first kappa shape index (κ1) is 16.1. The van der Waals surface area contributed by atoms with Crippen LogP contribution in [0, 0.1) is 12.8 Å². The Morgan fingerprint density at radius 1 is 1.18 bits per heavy atom. The van der Waals surface area contributed by atoms with Crippen molar-refractivity contribution in [2.24, 2.45) is 5.92 Å². The second-order valence-electron chi connectivity index (χ2n) is 6.79. The van der Waals surface area contributed by atoms with Gasteiger partial charge in [0, 0.05) is 42.8 Å². The third kappa shape index (κ3) is 3.42. The van der Waals surface area contributed by atoms with E-state index in [0.717, 1.165) is 42.3 Å². The summed E-state index contributed by atoms with van der Waals surface area (Å²) in [6, 6.07) is 4.15. The summed E-state index contributed by atoms with van der Waals surface area (Å²) in [6.07, 6.45) is 6.51. The van der Waals surface area contributed by atoms with E-state index in [4.69, 9.17) is 11.6 Å². The minimum absolute atomic E-state index is 0.305. The maximum Gasteiger partial charge on any atom is 0.123 e. The van der Waals surface area contributed by atoms with E-state index in [9.17, 15) is 5.11 Å². The summed E-state index contributed by atoms with van der Waals surface area (Å²) in [4.78, 5) is 2.55.